The SMILES string of the molecule is CCN(CC(=O)O)C1CC(NCc2ccsc2C)C1. The molecule has 106 valence electrons. The van der Waals surface area contributed by atoms with Gasteiger partial charge >= 0.3 is 5.97 Å². The molecule has 1 heterocycles. The smallest absolute Gasteiger partial charge is 0.317 e. The maximum absolute atomic E-state index is 10.8. The molecule has 1 saturated carbocycles. The monoisotopic (exact) mass is 282 g/mol. The third-order valence-electron chi connectivity index (χ3n) is 3.92. The van der Waals surface area contributed by atoms with Gasteiger partial charge in [0.25, 0.3) is 0 Å². The van der Waals surface area contributed by atoms with Gasteiger partial charge in [-0.05, 0) is 43.3 Å². The van der Waals surface area contributed by atoms with Gasteiger partial charge in [-0.1, -0.05) is 6.92 Å². The molecule has 1 aromatic heterocycles. The molecular formula is C14H22N2O2S. The van der Waals surface area contributed by atoms with Crippen molar-refractivity contribution >= 4 is 17.3 Å². The van der Waals surface area contributed by atoms with E-state index < -0.39 is 5.97 Å². The van der Waals surface area contributed by atoms with Crippen molar-refractivity contribution in [1.29, 1.82) is 0 Å². The molecule has 0 bridgehead atoms. The van der Waals surface area contributed by atoms with E-state index in [0.29, 0.717) is 12.1 Å². The number of nitrogens with zero attached hydrogens (tertiary/aromatic N) is 1. The van der Waals surface area contributed by atoms with Crippen molar-refractivity contribution in [1.82, 2.24) is 10.2 Å². The van der Waals surface area contributed by atoms with Crippen molar-refractivity contribution < 1.29 is 9.90 Å². The fourth-order valence-electron chi connectivity index (χ4n) is 2.57. The molecule has 0 saturated heterocycles. The van der Waals surface area contributed by atoms with Crippen LogP contribution in [0.3, 0.4) is 0 Å². The average Bonchev–Trinajstić information content (AvgIpc) is 2.71. The summed E-state index contributed by atoms with van der Waals surface area (Å²) < 4.78 is 0. The molecule has 4 nitrogen and oxygen atoms in total. The number of nitrogens with one attached hydrogen (secondary N) is 1. The maximum Gasteiger partial charge on any atom is 0.317 e. The van der Waals surface area contributed by atoms with E-state index in [1.807, 2.05) is 6.92 Å². The Hall–Kier alpha value is -0.910. The van der Waals surface area contributed by atoms with Crippen LogP contribution in [0, 0.1) is 6.92 Å². The lowest BCUT2D eigenvalue weighted by atomic mass is 9.85. The lowest BCUT2D eigenvalue weighted by molar-refractivity contribution is -0.139. The Morgan fingerprint density at radius 3 is 2.84 bits per heavy atom. The summed E-state index contributed by atoms with van der Waals surface area (Å²) in [6.45, 7) is 6.08. The molecule has 1 fully saturated rings. The van der Waals surface area contributed by atoms with Gasteiger partial charge in [-0.3, -0.25) is 9.69 Å². The highest BCUT2D eigenvalue weighted by molar-refractivity contribution is 7.10. The van der Waals surface area contributed by atoms with Gasteiger partial charge in [-0.25, -0.2) is 0 Å². The van der Waals surface area contributed by atoms with Crippen LogP contribution in [-0.4, -0.2) is 41.1 Å². The van der Waals surface area contributed by atoms with Crippen molar-refractivity contribution in [2.45, 2.75) is 45.3 Å². The topological polar surface area (TPSA) is 52.6 Å². The zero-order valence-corrected chi connectivity index (χ0v) is 12.4. The van der Waals surface area contributed by atoms with Crippen molar-refractivity contribution in [3.8, 4) is 0 Å². The van der Waals surface area contributed by atoms with Crippen LogP contribution in [0.25, 0.3) is 0 Å². The first-order valence-electron chi connectivity index (χ1n) is 6.82. The third-order valence-corrected chi connectivity index (χ3v) is 4.81. The van der Waals surface area contributed by atoms with Gasteiger partial charge in [-0.15, -0.1) is 11.3 Å². The molecule has 0 spiro atoms. The minimum absolute atomic E-state index is 0.164. The number of likely N-dealkylation sites (N-methyl/N-ethyl adjacent to an activating group) is 1. The van der Waals surface area contributed by atoms with Crippen molar-refractivity contribution in [2.75, 3.05) is 13.1 Å². The van der Waals surface area contributed by atoms with Crippen molar-refractivity contribution in [3.05, 3.63) is 21.9 Å². The number of carboxylic acids is 1. The van der Waals surface area contributed by atoms with E-state index in [2.05, 4.69) is 28.6 Å². The van der Waals surface area contributed by atoms with E-state index >= 15 is 0 Å². The summed E-state index contributed by atoms with van der Waals surface area (Å²) in [6.07, 6.45) is 2.12. The number of rotatable bonds is 7. The quantitative estimate of drug-likeness (QED) is 0.804. The van der Waals surface area contributed by atoms with E-state index in [-0.39, 0.29) is 6.54 Å². The Labute approximate surface area is 118 Å². The number of carbonyl (C=O) groups is 1. The molecule has 19 heavy (non-hydrogen) atoms. The minimum atomic E-state index is -0.729. The summed E-state index contributed by atoms with van der Waals surface area (Å²) >= 11 is 1.78. The van der Waals surface area contributed by atoms with Crippen LogP contribution in [0.1, 0.15) is 30.2 Å². The zero-order valence-electron chi connectivity index (χ0n) is 11.6. The first-order valence-corrected chi connectivity index (χ1v) is 7.70. The number of carboxylic acid groups (broad SMARTS) is 1. The first-order chi connectivity index (χ1) is 9.10. The highest BCUT2D eigenvalue weighted by Crippen LogP contribution is 2.26. The van der Waals surface area contributed by atoms with Gasteiger partial charge in [-0.2, -0.15) is 0 Å². The second-order valence-electron chi connectivity index (χ2n) is 5.16. The van der Waals surface area contributed by atoms with Crippen LogP contribution < -0.4 is 5.32 Å². The summed E-state index contributed by atoms with van der Waals surface area (Å²) in [4.78, 5) is 14.2. The molecule has 5 heteroatoms. The van der Waals surface area contributed by atoms with Crippen LogP contribution in [-0.2, 0) is 11.3 Å². The fourth-order valence-corrected chi connectivity index (χ4v) is 3.30. The predicted molar refractivity (Wildman–Crippen MR) is 77.6 cm³/mol. The fraction of sp³-hybridized carbons (Fsp3) is 0.643. The molecule has 1 aliphatic carbocycles. The third kappa shape index (κ3) is 3.78. The molecule has 0 amide bonds. The number of hydrogen-bond donors (Lipinski definition) is 2. The number of thiophene rings is 1. The van der Waals surface area contributed by atoms with E-state index in [1.165, 1.54) is 10.4 Å². The molecule has 0 radical (unpaired) electrons. The molecule has 0 atom stereocenters. The molecule has 1 aromatic rings. The van der Waals surface area contributed by atoms with Gasteiger partial charge < -0.3 is 10.4 Å². The number of aliphatic carboxylic acids is 1. The van der Waals surface area contributed by atoms with Crippen LogP contribution in [0.2, 0.25) is 0 Å². The minimum Gasteiger partial charge on any atom is -0.480 e. The van der Waals surface area contributed by atoms with Gasteiger partial charge in [0.1, 0.15) is 0 Å². The largest absolute Gasteiger partial charge is 0.480 e. The normalized spacial score (nSPS) is 22.5. The summed E-state index contributed by atoms with van der Waals surface area (Å²) in [5, 5.41) is 14.5. The van der Waals surface area contributed by atoms with E-state index in [1.54, 1.807) is 11.3 Å². The number of aryl methyl sites for hydroxylation is 1. The Balaban J connectivity index is 1.71. The Bertz CT molecular complexity index is 427. The molecule has 2 rings (SSSR count). The van der Waals surface area contributed by atoms with Crippen LogP contribution in [0.4, 0.5) is 0 Å². The second-order valence-corrected chi connectivity index (χ2v) is 6.28. The van der Waals surface area contributed by atoms with Crippen LogP contribution in [0.15, 0.2) is 11.4 Å². The Kier molecular flexibility index (Phi) is 4.96. The van der Waals surface area contributed by atoms with E-state index in [9.17, 15) is 4.79 Å². The standard InChI is InChI=1S/C14H22N2O2S/c1-3-16(9-14(17)18)13-6-12(7-13)15-8-11-4-5-19-10(11)2/h4-5,12-13,15H,3,6-9H2,1-2H3,(H,17,18). The van der Waals surface area contributed by atoms with Crippen LogP contribution >= 0.6 is 11.3 Å². The molecular weight excluding hydrogens is 260 g/mol. The van der Waals surface area contributed by atoms with E-state index in [0.717, 1.165) is 25.9 Å². The van der Waals surface area contributed by atoms with Crippen molar-refractivity contribution in [3.63, 3.8) is 0 Å². The van der Waals surface area contributed by atoms with Crippen LogP contribution in [0.5, 0.6) is 0 Å². The molecule has 0 aromatic carbocycles. The zero-order chi connectivity index (χ0) is 13.8. The van der Waals surface area contributed by atoms with E-state index in [4.69, 9.17) is 5.11 Å². The first kappa shape index (κ1) is 14.5. The predicted octanol–water partition coefficient (Wildman–Crippen LogP) is 2.08. The second kappa shape index (κ2) is 6.50. The van der Waals surface area contributed by atoms with Gasteiger partial charge in [0.15, 0.2) is 0 Å². The maximum atomic E-state index is 10.8. The summed E-state index contributed by atoms with van der Waals surface area (Å²) in [6, 6.07) is 3.14. The van der Waals surface area contributed by atoms with Crippen molar-refractivity contribution in [2.24, 2.45) is 0 Å². The highest BCUT2D eigenvalue weighted by atomic mass is 32.1. The van der Waals surface area contributed by atoms with Gasteiger partial charge in [0, 0.05) is 23.5 Å². The molecule has 0 unspecified atom stereocenters. The Morgan fingerprint density at radius 2 is 2.32 bits per heavy atom. The number of hydrogen-bond acceptors (Lipinski definition) is 4. The summed E-state index contributed by atoms with van der Waals surface area (Å²) in [5.74, 6) is -0.729. The molecule has 1 aliphatic rings. The summed E-state index contributed by atoms with van der Waals surface area (Å²) in [7, 11) is 0. The molecule has 2 N–H and O–H groups in total. The van der Waals surface area contributed by atoms with Gasteiger partial charge in [0.05, 0.1) is 6.54 Å². The highest BCUT2D eigenvalue weighted by Gasteiger charge is 2.33. The lowest BCUT2D eigenvalue weighted by Gasteiger charge is -2.42. The van der Waals surface area contributed by atoms with Gasteiger partial charge in [0.2, 0.25) is 0 Å². The summed E-state index contributed by atoms with van der Waals surface area (Å²) in [5.41, 5.74) is 1.38. The molecule has 0 aliphatic heterocycles. The average molecular weight is 282 g/mol. The lowest BCUT2D eigenvalue weighted by Crippen LogP contribution is -2.53. The Morgan fingerprint density at radius 1 is 1.58 bits per heavy atom.